The fourth-order valence-corrected chi connectivity index (χ4v) is 5.45. The van der Waals surface area contributed by atoms with Gasteiger partial charge in [-0.15, -0.1) is 0 Å². The van der Waals surface area contributed by atoms with Crippen molar-refractivity contribution in [2.24, 2.45) is 0 Å². The number of carbonyl (C=O) groups excluding carboxylic acids is 1. The van der Waals surface area contributed by atoms with Gasteiger partial charge in [-0.2, -0.15) is 0 Å². The number of hydrogen-bond acceptors (Lipinski definition) is 6. The Kier molecular flexibility index (Phi) is 7.67. The molecule has 1 amide bonds. The van der Waals surface area contributed by atoms with Crippen LogP contribution in [-0.4, -0.2) is 53.0 Å². The Labute approximate surface area is 189 Å². The number of aromatic nitrogens is 2. The minimum atomic E-state index is 0.0974. The summed E-state index contributed by atoms with van der Waals surface area (Å²) < 4.78 is 5.91. The Morgan fingerprint density at radius 1 is 1.03 bits per heavy atom. The van der Waals surface area contributed by atoms with Gasteiger partial charge in [0.1, 0.15) is 5.03 Å². The van der Waals surface area contributed by atoms with Crippen molar-refractivity contribution in [1.82, 2.24) is 15.3 Å². The third-order valence-electron chi connectivity index (χ3n) is 6.05. The molecule has 2 fully saturated rings. The second kappa shape index (κ2) is 10.6. The first-order chi connectivity index (χ1) is 15.1. The minimum absolute atomic E-state index is 0.0974. The maximum Gasteiger partial charge on any atom is 0.230 e. The molecule has 2 heterocycles. The van der Waals surface area contributed by atoms with E-state index in [0.717, 1.165) is 47.8 Å². The number of thioether (sulfide) groups is 1. The number of para-hydroxylation sites is 2. The smallest absolute Gasteiger partial charge is 0.230 e. The normalized spacial score (nSPS) is 23.4. The minimum Gasteiger partial charge on any atom is -0.372 e. The van der Waals surface area contributed by atoms with Crippen molar-refractivity contribution >= 4 is 34.5 Å². The van der Waals surface area contributed by atoms with Crippen LogP contribution in [0.1, 0.15) is 58.8 Å². The molecule has 1 aromatic carbocycles. The summed E-state index contributed by atoms with van der Waals surface area (Å²) in [6.07, 6.45) is 8.80. The average Bonchev–Trinajstić information content (AvgIpc) is 2.72. The number of carbonyl (C=O) groups is 1. The number of anilines is 1. The summed E-state index contributed by atoms with van der Waals surface area (Å²) >= 11 is 1.50. The Balaban J connectivity index is 1.48. The van der Waals surface area contributed by atoms with E-state index in [0.29, 0.717) is 11.8 Å². The second-order valence-corrected chi connectivity index (χ2v) is 9.87. The Morgan fingerprint density at radius 2 is 1.65 bits per heavy atom. The van der Waals surface area contributed by atoms with E-state index >= 15 is 0 Å². The molecule has 2 atom stereocenters. The van der Waals surface area contributed by atoms with Gasteiger partial charge in [-0.3, -0.25) is 4.79 Å². The van der Waals surface area contributed by atoms with E-state index in [1.54, 1.807) is 0 Å². The maximum absolute atomic E-state index is 12.7. The molecular formula is C24H34N4O2S. The molecule has 1 saturated carbocycles. The fraction of sp³-hybridized carbons (Fsp3) is 0.625. The third-order valence-corrected chi connectivity index (χ3v) is 7.00. The first-order valence-corrected chi connectivity index (χ1v) is 12.7. The van der Waals surface area contributed by atoms with Crippen molar-refractivity contribution in [1.29, 1.82) is 0 Å². The van der Waals surface area contributed by atoms with Gasteiger partial charge in [-0.1, -0.05) is 56.0 Å². The zero-order valence-electron chi connectivity index (χ0n) is 18.7. The van der Waals surface area contributed by atoms with Crippen LogP contribution in [0.2, 0.25) is 0 Å². The molecule has 1 saturated heterocycles. The lowest BCUT2D eigenvalue weighted by Crippen LogP contribution is -2.46. The summed E-state index contributed by atoms with van der Waals surface area (Å²) in [5.41, 5.74) is 1.75. The number of rotatable bonds is 5. The van der Waals surface area contributed by atoms with Gasteiger partial charge in [0.05, 0.1) is 29.0 Å². The van der Waals surface area contributed by atoms with E-state index < -0.39 is 0 Å². The SMILES string of the molecule is CC1CN(c2nc3ccccc3nc2SCC(=O)NC2CCCCCCC2)CC(C)O1. The van der Waals surface area contributed by atoms with Crippen molar-refractivity contribution in [2.45, 2.75) is 82.1 Å². The van der Waals surface area contributed by atoms with Gasteiger partial charge < -0.3 is 15.0 Å². The van der Waals surface area contributed by atoms with Crippen molar-refractivity contribution in [3.63, 3.8) is 0 Å². The molecule has 1 N–H and O–H groups in total. The van der Waals surface area contributed by atoms with Crippen LogP contribution in [0.25, 0.3) is 11.0 Å². The number of morpholine rings is 1. The van der Waals surface area contributed by atoms with Crippen LogP contribution in [0.4, 0.5) is 5.82 Å². The van der Waals surface area contributed by atoms with Crippen LogP contribution in [0.5, 0.6) is 0 Å². The maximum atomic E-state index is 12.7. The lowest BCUT2D eigenvalue weighted by atomic mass is 9.97. The zero-order valence-corrected chi connectivity index (χ0v) is 19.5. The standard InChI is InChI=1S/C24H34N4O2S/c1-17-14-28(15-18(2)30-17)23-24(27-21-13-9-8-12-20(21)26-23)31-16-22(29)25-19-10-6-4-3-5-7-11-19/h8-9,12-13,17-19H,3-7,10-11,14-16H2,1-2H3,(H,25,29). The Hall–Kier alpha value is -1.86. The first kappa shape index (κ1) is 22.3. The van der Waals surface area contributed by atoms with E-state index in [9.17, 15) is 4.79 Å². The summed E-state index contributed by atoms with van der Waals surface area (Å²) in [5, 5.41) is 4.09. The highest BCUT2D eigenvalue weighted by molar-refractivity contribution is 8.00. The van der Waals surface area contributed by atoms with E-state index in [1.807, 2.05) is 24.3 Å². The quantitative estimate of drug-likeness (QED) is 0.685. The van der Waals surface area contributed by atoms with Crippen LogP contribution in [0.15, 0.2) is 29.3 Å². The van der Waals surface area contributed by atoms with E-state index in [1.165, 1.54) is 43.9 Å². The van der Waals surface area contributed by atoms with Gasteiger partial charge in [-0.05, 0) is 38.8 Å². The van der Waals surface area contributed by atoms with Gasteiger partial charge in [0.15, 0.2) is 5.82 Å². The van der Waals surface area contributed by atoms with Gasteiger partial charge in [0.2, 0.25) is 5.91 Å². The van der Waals surface area contributed by atoms with Gasteiger partial charge >= 0.3 is 0 Å². The van der Waals surface area contributed by atoms with Gasteiger partial charge in [-0.25, -0.2) is 9.97 Å². The Bertz CT molecular complexity index is 875. The molecular weight excluding hydrogens is 408 g/mol. The molecule has 7 heteroatoms. The lowest BCUT2D eigenvalue weighted by molar-refractivity contribution is -0.119. The highest BCUT2D eigenvalue weighted by Gasteiger charge is 2.26. The molecule has 168 valence electrons. The Morgan fingerprint density at radius 3 is 2.32 bits per heavy atom. The molecule has 0 bridgehead atoms. The zero-order chi connectivity index (χ0) is 21.6. The summed E-state index contributed by atoms with van der Waals surface area (Å²) in [6, 6.07) is 8.26. The molecule has 1 aliphatic heterocycles. The molecule has 2 unspecified atom stereocenters. The van der Waals surface area contributed by atoms with Gasteiger partial charge in [0, 0.05) is 19.1 Å². The molecule has 1 aromatic heterocycles. The number of nitrogens with zero attached hydrogens (tertiary/aromatic N) is 3. The summed E-state index contributed by atoms with van der Waals surface area (Å²) in [4.78, 5) is 24.8. The first-order valence-electron chi connectivity index (χ1n) is 11.7. The van der Waals surface area contributed by atoms with E-state index in [2.05, 4.69) is 24.1 Å². The van der Waals surface area contributed by atoms with Crippen LogP contribution >= 0.6 is 11.8 Å². The van der Waals surface area contributed by atoms with Crippen LogP contribution in [-0.2, 0) is 9.53 Å². The summed E-state index contributed by atoms with van der Waals surface area (Å²) in [5.74, 6) is 1.33. The summed E-state index contributed by atoms with van der Waals surface area (Å²) in [6.45, 7) is 5.73. The third kappa shape index (κ3) is 6.10. The molecule has 0 spiro atoms. The number of hydrogen-bond donors (Lipinski definition) is 1. The molecule has 1 aliphatic carbocycles. The van der Waals surface area contributed by atoms with Crippen LogP contribution in [0, 0.1) is 0 Å². The summed E-state index contributed by atoms with van der Waals surface area (Å²) in [7, 11) is 0. The van der Waals surface area contributed by atoms with Crippen LogP contribution < -0.4 is 10.2 Å². The highest BCUT2D eigenvalue weighted by atomic mass is 32.2. The molecule has 2 aromatic rings. The van der Waals surface area contributed by atoms with Crippen LogP contribution in [0.3, 0.4) is 0 Å². The second-order valence-electron chi connectivity index (χ2n) is 8.90. The molecule has 6 nitrogen and oxygen atoms in total. The largest absolute Gasteiger partial charge is 0.372 e. The fourth-order valence-electron chi connectivity index (χ4n) is 4.63. The molecule has 0 radical (unpaired) electrons. The lowest BCUT2D eigenvalue weighted by Gasteiger charge is -2.36. The van der Waals surface area contributed by atoms with Crippen molar-refractivity contribution in [2.75, 3.05) is 23.7 Å². The predicted molar refractivity (Wildman–Crippen MR) is 127 cm³/mol. The van der Waals surface area contributed by atoms with E-state index in [-0.39, 0.29) is 18.1 Å². The highest BCUT2D eigenvalue weighted by Crippen LogP contribution is 2.31. The molecule has 4 rings (SSSR count). The average molecular weight is 443 g/mol. The molecule has 31 heavy (non-hydrogen) atoms. The van der Waals surface area contributed by atoms with Crippen molar-refractivity contribution < 1.29 is 9.53 Å². The van der Waals surface area contributed by atoms with Gasteiger partial charge in [0.25, 0.3) is 0 Å². The number of nitrogens with one attached hydrogen (secondary N) is 1. The predicted octanol–water partition coefficient (Wildman–Crippen LogP) is 4.56. The monoisotopic (exact) mass is 442 g/mol. The number of fused-ring (bicyclic) bond motifs is 1. The number of benzene rings is 1. The van der Waals surface area contributed by atoms with Crippen molar-refractivity contribution in [3.05, 3.63) is 24.3 Å². The topological polar surface area (TPSA) is 67.4 Å². The number of ether oxygens (including phenoxy) is 1. The molecule has 2 aliphatic rings. The van der Waals surface area contributed by atoms with Crippen molar-refractivity contribution in [3.8, 4) is 0 Å². The number of amides is 1. The van der Waals surface area contributed by atoms with E-state index in [4.69, 9.17) is 14.7 Å².